The molecule has 0 saturated carbocycles. The number of aromatic nitrogens is 4. The summed E-state index contributed by atoms with van der Waals surface area (Å²) in [4.78, 5) is 31.8. The summed E-state index contributed by atoms with van der Waals surface area (Å²) in [7, 11) is 0. The zero-order chi connectivity index (χ0) is 21.3. The van der Waals surface area contributed by atoms with Gasteiger partial charge in [-0.15, -0.1) is 0 Å². The first-order valence-corrected chi connectivity index (χ1v) is 9.03. The van der Waals surface area contributed by atoms with Gasteiger partial charge in [0.25, 0.3) is 5.91 Å². The van der Waals surface area contributed by atoms with E-state index in [0.717, 1.165) is 10.8 Å². The summed E-state index contributed by atoms with van der Waals surface area (Å²) in [5.74, 6) is -0.596. The molecule has 0 unspecified atom stereocenters. The van der Waals surface area contributed by atoms with Crippen LogP contribution in [0.4, 0.5) is 11.5 Å². The molecule has 0 bridgehead atoms. The lowest BCUT2D eigenvalue weighted by Gasteiger charge is -2.11. The predicted molar refractivity (Wildman–Crippen MR) is 110 cm³/mol. The second-order valence-electron chi connectivity index (χ2n) is 6.60. The molecular weight excluding hydrogens is 386 g/mol. The van der Waals surface area contributed by atoms with Crippen molar-refractivity contribution >= 4 is 28.2 Å². The first-order chi connectivity index (χ1) is 14.5. The van der Waals surface area contributed by atoms with Gasteiger partial charge >= 0.3 is 5.69 Å². The van der Waals surface area contributed by atoms with Gasteiger partial charge in [0.15, 0.2) is 0 Å². The lowest BCUT2D eigenvalue weighted by molar-refractivity contribution is -0.384. The molecular formula is C20H17N7O3. The highest BCUT2D eigenvalue weighted by Crippen LogP contribution is 2.28. The average molecular weight is 403 g/mol. The molecule has 150 valence electrons. The topological polar surface area (TPSA) is 128 Å². The fourth-order valence-corrected chi connectivity index (χ4v) is 3.23. The van der Waals surface area contributed by atoms with Crippen LogP contribution in [0.15, 0.2) is 54.9 Å². The van der Waals surface area contributed by atoms with Crippen LogP contribution in [0.25, 0.3) is 16.6 Å². The Balaban J connectivity index is 1.67. The van der Waals surface area contributed by atoms with E-state index in [4.69, 9.17) is 0 Å². The standard InChI is InChI=1S/C20H17N7O3/c1-12-10-13(2)26(25-12)19-17(27(29)30)18(21-11-22-19)23-24-20(28)16-9-5-7-14-6-3-4-8-15(14)16/h3-11H,1-2H3,(H,24,28)(H,21,22,23). The number of nitro groups is 1. The molecule has 10 heteroatoms. The Hall–Kier alpha value is -4.34. The van der Waals surface area contributed by atoms with Gasteiger partial charge < -0.3 is 0 Å². The monoisotopic (exact) mass is 403 g/mol. The van der Waals surface area contributed by atoms with Crippen molar-refractivity contribution in [3.05, 3.63) is 81.9 Å². The number of hydrogen-bond donors (Lipinski definition) is 2. The fraction of sp³-hybridized carbons (Fsp3) is 0.100. The van der Waals surface area contributed by atoms with Gasteiger partial charge in [0.2, 0.25) is 11.6 Å². The summed E-state index contributed by atoms with van der Waals surface area (Å²) in [5, 5.41) is 17.7. The third-order valence-electron chi connectivity index (χ3n) is 4.52. The number of benzene rings is 2. The number of fused-ring (bicyclic) bond motifs is 1. The summed E-state index contributed by atoms with van der Waals surface area (Å²) < 4.78 is 1.37. The van der Waals surface area contributed by atoms with E-state index >= 15 is 0 Å². The molecule has 0 saturated heterocycles. The van der Waals surface area contributed by atoms with Gasteiger partial charge in [0.05, 0.1) is 10.6 Å². The summed E-state index contributed by atoms with van der Waals surface area (Å²) in [6.45, 7) is 3.54. The van der Waals surface area contributed by atoms with Crippen molar-refractivity contribution < 1.29 is 9.72 Å². The normalized spacial score (nSPS) is 10.7. The SMILES string of the molecule is Cc1cc(C)n(-c2ncnc(NNC(=O)c3cccc4ccccc34)c2[N+](=O)[O-])n1. The number of carbonyl (C=O) groups excluding carboxylic acids is 1. The van der Waals surface area contributed by atoms with Gasteiger partial charge in [0.1, 0.15) is 6.33 Å². The van der Waals surface area contributed by atoms with Crippen LogP contribution in [0, 0.1) is 24.0 Å². The van der Waals surface area contributed by atoms with E-state index in [9.17, 15) is 14.9 Å². The minimum atomic E-state index is -0.613. The van der Waals surface area contributed by atoms with Gasteiger partial charge in [-0.1, -0.05) is 36.4 Å². The fourth-order valence-electron chi connectivity index (χ4n) is 3.23. The molecule has 10 nitrogen and oxygen atoms in total. The quantitative estimate of drug-likeness (QED) is 0.387. The highest BCUT2D eigenvalue weighted by atomic mass is 16.6. The van der Waals surface area contributed by atoms with E-state index in [-0.39, 0.29) is 11.6 Å². The number of nitrogens with one attached hydrogen (secondary N) is 2. The Morgan fingerprint density at radius 3 is 2.60 bits per heavy atom. The second-order valence-corrected chi connectivity index (χ2v) is 6.60. The molecule has 0 aliphatic heterocycles. The lowest BCUT2D eigenvalue weighted by Crippen LogP contribution is -2.30. The van der Waals surface area contributed by atoms with Gasteiger partial charge in [-0.3, -0.25) is 25.8 Å². The number of amides is 1. The molecule has 0 radical (unpaired) electrons. The number of nitrogens with zero attached hydrogens (tertiary/aromatic N) is 5. The average Bonchev–Trinajstić information content (AvgIpc) is 3.08. The summed E-state index contributed by atoms with van der Waals surface area (Å²) in [5.41, 5.74) is 6.45. The van der Waals surface area contributed by atoms with E-state index < -0.39 is 16.5 Å². The van der Waals surface area contributed by atoms with Crippen LogP contribution < -0.4 is 10.9 Å². The maximum atomic E-state index is 12.7. The Bertz CT molecular complexity index is 1280. The van der Waals surface area contributed by atoms with Crippen molar-refractivity contribution in [1.29, 1.82) is 0 Å². The van der Waals surface area contributed by atoms with Crippen LogP contribution in [0.3, 0.4) is 0 Å². The molecule has 2 heterocycles. The van der Waals surface area contributed by atoms with Gasteiger partial charge in [-0.05, 0) is 36.8 Å². The molecule has 0 spiro atoms. The van der Waals surface area contributed by atoms with Gasteiger partial charge in [-0.2, -0.15) is 5.10 Å². The second kappa shape index (κ2) is 7.59. The molecule has 0 atom stereocenters. The molecule has 2 aromatic carbocycles. The predicted octanol–water partition coefficient (Wildman–Crippen LogP) is 3.10. The zero-order valence-electron chi connectivity index (χ0n) is 16.2. The molecule has 1 amide bonds. The molecule has 30 heavy (non-hydrogen) atoms. The number of carbonyl (C=O) groups is 1. The lowest BCUT2D eigenvalue weighted by atomic mass is 10.0. The van der Waals surface area contributed by atoms with Crippen LogP contribution in [0.1, 0.15) is 21.7 Å². The van der Waals surface area contributed by atoms with Crippen LogP contribution >= 0.6 is 0 Å². The maximum Gasteiger partial charge on any atom is 0.357 e. The summed E-state index contributed by atoms with van der Waals surface area (Å²) in [6.07, 6.45) is 1.17. The Labute approximate surface area is 170 Å². The van der Waals surface area contributed by atoms with Crippen LogP contribution in [0.2, 0.25) is 0 Å². The van der Waals surface area contributed by atoms with Crippen LogP contribution in [-0.4, -0.2) is 30.6 Å². The Morgan fingerprint density at radius 2 is 1.87 bits per heavy atom. The van der Waals surface area contributed by atoms with E-state index in [1.165, 1.54) is 11.0 Å². The van der Waals surface area contributed by atoms with Crippen LogP contribution in [-0.2, 0) is 0 Å². The molecule has 0 aliphatic rings. The number of anilines is 1. The summed E-state index contributed by atoms with van der Waals surface area (Å²) >= 11 is 0. The van der Waals surface area contributed by atoms with Gasteiger partial charge in [-0.25, -0.2) is 14.6 Å². The molecule has 2 aromatic heterocycles. The van der Waals surface area contributed by atoms with Crippen molar-refractivity contribution in [2.45, 2.75) is 13.8 Å². The smallest absolute Gasteiger partial charge is 0.276 e. The van der Waals surface area contributed by atoms with Crippen molar-refractivity contribution in [1.82, 2.24) is 25.2 Å². The van der Waals surface area contributed by atoms with Crippen molar-refractivity contribution in [2.24, 2.45) is 0 Å². The zero-order valence-corrected chi connectivity index (χ0v) is 16.2. The van der Waals surface area contributed by atoms with E-state index in [1.54, 1.807) is 32.0 Å². The molecule has 4 rings (SSSR count). The minimum Gasteiger partial charge on any atom is -0.276 e. The first kappa shape index (κ1) is 19.0. The third-order valence-corrected chi connectivity index (χ3v) is 4.52. The molecule has 4 aromatic rings. The largest absolute Gasteiger partial charge is 0.357 e. The number of hydrogen-bond acceptors (Lipinski definition) is 7. The Morgan fingerprint density at radius 1 is 1.10 bits per heavy atom. The van der Waals surface area contributed by atoms with E-state index in [2.05, 4.69) is 25.9 Å². The van der Waals surface area contributed by atoms with Gasteiger partial charge in [0, 0.05) is 11.3 Å². The van der Waals surface area contributed by atoms with Crippen molar-refractivity contribution in [2.75, 3.05) is 5.43 Å². The highest BCUT2D eigenvalue weighted by molar-refractivity contribution is 6.07. The number of rotatable bonds is 5. The Kier molecular flexibility index (Phi) is 4.80. The first-order valence-electron chi connectivity index (χ1n) is 9.03. The van der Waals surface area contributed by atoms with Crippen molar-refractivity contribution in [3.8, 4) is 5.82 Å². The van der Waals surface area contributed by atoms with Crippen molar-refractivity contribution in [3.63, 3.8) is 0 Å². The highest BCUT2D eigenvalue weighted by Gasteiger charge is 2.26. The van der Waals surface area contributed by atoms with Crippen LogP contribution in [0.5, 0.6) is 0 Å². The summed E-state index contributed by atoms with van der Waals surface area (Å²) in [6, 6.07) is 14.6. The van der Waals surface area contributed by atoms with E-state index in [1.807, 2.05) is 30.3 Å². The van der Waals surface area contributed by atoms with E-state index in [0.29, 0.717) is 17.0 Å². The maximum absolute atomic E-state index is 12.7. The molecule has 0 fully saturated rings. The number of aryl methyl sites for hydroxylation is 2. The number of hydrazine groups is 1. The molecule has 2 N–H and O–H groups in total. The third kappa shape index (κ3) is 3.41. The minimum absolute atomic E-state index is 0.00232. The molecule has 0 aliphatic carbocycles.